The second kappa shape index (κ2) is 4.73. The van der Waals surface area contributed by atoms with E-state index in [1.54, 1.807) is 6.07 Å². The Hall–Kier alpha value is -0.580. The van der Waals surface area contributed by atoms with Crippen molar-refractivity contribution >= 4 is 51.5 Å². The van der Waals surface area contributed by atoms with Crippen LogP contribution in [0.15, 0.2) is 24.3 Å². The SMILES string of the molecule is CCC1SC(=S)N(c2ccccc2Cl)C1=O. The lowest BCUT2D eigenvalue weighted by atomic mass is 10.2. The number of anilines is 1. The number of rotatable bonds is 2. The number of thioether (sulfide) groups is 1. The van der Waals surface area contributed by atoms with Crippen LogP contribution in [0, 0.1) is 0 Å². The Kier molecular flexibility index (Phi) is 3.52. The maximum atomic E-state index is 12.1. The Balaban J connectivity index is 2.39. The van der Waals surface area contributed by atoms with E-state index in [0.29, 0.717) is 15.0 Å². The highest BCUT2D eigenvalue weighted by molar-refractivity contribution is 8.25. The summed E-state index contributed by atoms with van der Waals surface area (Å²) in [6.07, 6.45) is 0.782. The molecular formula is C11H10ClNOS2. The predicted molar refractivity (Wildman–Crippen MR) is 73.2 cm³/mol. The molecule has 0 bridgehead atoms. The zero-order valence-electron chi connectivity index (χ0n) is 8.64. The predicted octanol–water partition coefficient (Wildman–Crippen LogP) is 3.48. The highest BCUT2D eigenvalue weighted by atomic mass is 35.5. The summed E-state index contributed by atoms with van der Waals surface area (Å²) in [5, 5.41) is 0.485. The fourth-order valence-electron chi connectivity index (χ4n) is 1.57. The van der Waals surface area contributed by atoms with E-state index in [2.05, 4.69) is 0 Å². The molecule has 1 saturated heterocycles. The highest BCUT2D eigenvalue weighted by Crippen LogP contribution is 2.36. The van der Waals surface area contributed by atoms with E-state index >= 15 is 0 Å². The Morgan fingerprint density at radius 2 is 2.19 bits per heavy atom. The minimum Gasteiger partial charge on any atom is -0.273 e. The lowest BCUT2D eigenvalue weighted by Gasteiger charge is -2.16. The van der Waals surface area contributed by atoms with Gasteiger partial charge < -0.3 is 0 Å². The van der Waals surface area contributed by atoms with Gasteiger partial charge in [0, 0.05) is 0 Å². The fraction of sp³-hybridized carbons (Fsp3) is 0.273. The van der Waals surface area contributed by atoms with Gasteiger partial charge in [-0.25, -0.2) is 0 Å². The van der Waals surface area contributed by atoms with Crippen molar-refractivity contribution < 1.29 is 4.79 Å². The topological polar surface area (TPSA) is 20.3 Å². The van der Waals surface area contributed by atoms with Crippen molar-refractivity contribution in [3.63, 3.8) is 0 Å². The number of hydrogen-bond donors (Lipinski definition) is 0. The quantitative estimate of drug-likeness (QED) is 0.768. The van der Waals surface area contributed by atoms with Crippen molar-refractivity contribution in [3.8, 4) is 0 Å². The average molecular weight is 272 g/mol. The minimum atomic E-state index is -0.0660. The van der Waals surface area contributed by atoms with Gasteiger partial charge in [0.25, 0.3) is 0 Å². The molecule has 1 fully saturated rings. The molecule has 1 aromatic rings. The van der Waals surface area contributed by atoms with Crippen LogP contribution >= 0.6 is 35.6 Å². The monoisotopic (exact) mass is 271 g/mol. The molecule has 5 heteroatoms. The molecule has 1 unspecified atom stereocenters. The molecule has 84 valence electrons. The first kappa shape index (κ1) is 11.9. The van der Waals surface area contributed by atoms with Gasteiger partial charge in [-0.1, -0.05) is 54.6 Å². The van der Waals surface area contributed by atoms with E-state index < -0.39 is 0 Å². The van der Waals surface area contributed by atoms with E-state index in [0.717, 1.165) is 6.42 Å². The van der Waals surface area contributed by atoms with Gasteiger partial charge >= 0.3 is 0 Å². The normalized spacial score (nSPS) is 20.6. The number of benzene rings is 1. The van der Waals surface area contributed by atoms with Crippen LogP contribution in [0.3, 0.4) is 0 Å². The molecule has 0 N–H and O–H groups in total. The molecule has 1 aliphatic rings. The van der Waals surface area contributed by atoms with Crippen molar-refractivity contribution in [1.82, 2.24) is 0 Å². The summed E-state index contributed by atoms with van der Waals surface area (Å²) in [4.78, 5) is 13.6. The van der Waals surface area contributed by atoms with E-state index in [4.69, 9.17) is 23.8 Å². The zero-order chi connectivity index (χ0) is 11.7. The Morgan fingerprint density at radius 1 is 1.50 bits per heavy atom. The highest BCUT2D eigenvalue weighted by Gasteiger charge is 2.37. The minimum absolute atomic E-state index is 0.0330. The molecule has 1 aliphatic heterocycles. The van der Waals surface area contributed by atoms with Crippen molar-refractivity contribution in [3.05, 3.63) is 29.3 Å². The van der Waals surface area contributed by atoms with Crippen LogP contribution in [0.4, 0.5) is 5.69 Å². The zero-order valence-corrected chi connectivity index (χ0v) is 11.0. The van der Waals surface area contributed by atoms with Crippen LogP contribution in [0.1, 0.15) is 13.3 Å². The van der Waals surface area contributed by atoms with Gasteiger partial charge in [-0.3, -0.25) is 9.69 Å². The smallest absolute Gasteiger partial charge is 0.246 e. The molecular weight excluding hydrogens is 262 g/mol. The third kappa shape index (κ3) is 1.97. The largest absolute Gasteiger partial charge is 0.273 e. The summed E-state index contributed by atoms with van der Waals surface area (Å²) in [6.45, 7) is 1.98. The van der Waals surface area contributed by atoms with E-state index in [1.807, 2.05) is 25.1 Å². The summed E-state index contributed by atoms with van der Waals surface area (Å²) < 4.78 is 0.588. The summed E-state index contributed by atoms with van der Waals surface area (Å²) in [5.74, 6) is 0.0330. The second-order valence-electron chi connectivity index (χ2n) is 3.41. The van der Waals surface area contributed by atoms with E-state index in [9.17, 15) is 4.79 Å². The molecule has 0 spiro atoms. The molecule has 1 amide bonds. The van der Waals surface area contributed by atoms with E-state index in [1.165, 1.54) is 16.7 Å². The van der Waals surface area contributed by atoms with Crippen LogP contribution < -0.4 is 4.90 Å². The van der Waals surface area contributed by atoms with Gasteiger partial charge in [0.2, 0.25) is 5.91 Å². The first-order valence-electron chi connectivity index (χ1n) is 4.94. The number of nitrogens with zero attached hydrogens (tertiary/aromatic N) is 1. The number of halogens is 1. The second-order valence-corrected chi connectivity index (χ2v) is 5.65. The van der Waals surface area contributed by atoms with Gasteiger partial charge in [-0.15, -0.1) is 0 Å². The molecule has 0 aliphatic carbocycles. The maximum Gasteiger partial charge on any atom is 0.246 e. The number of carbonyl (C=O) groups excluding carboxylic acids is 1. The van der Waals surface area contributed by atoms with Gasteiger partial charge in [0.15, 0.2) is 0 Å². The molecule has 1 heterocycles. The van der Waals surface area contributed by atoms with Crippen LogP contribution in [0.5, 0.6) is 0 Å². The number of carbonyl (C=O) groups is 1. The molecule has 0 saturated carbocycles. The Morgan fingerprint density at radius 3 is 2.75 bits per heavy atom. The van der Waals surface area contributed by atoms with Gasteiger partial charge in [0.1, 0.15) is 4.32 Å². The summed E-state index contributed by atoms with van der Waals surface area (Å²) in [5.41, 5.74) is 0.683. The molecule has 1 atom stereocenters. The third-order valence-corrected chi connectivity index (χ3v) is 4.38. The Labute approximate surface area is 109 Å². The van der Waals surface area contributed by atoms with Crippen molar-refractivity contribution in [2.75, 3.05) is 4.90 Å². The molecule has 2 rings (SSSR count). The first-order valence-corrected chi connectivity index (χ1v) is 6.61. The molecule has 16 heavy (non-hydrogen) atoms. The van der Waals surface area contributed by atoms with E-state index in [-0.39, 0.29) is 11.2 Å². The van der Waals surface area contributed by atoms with Gasteiger partial charge in [-0.2, -0.15) is 0 Å². The third-order valence-electron chi connectivity index (χ3n) is 2.39. The summed E-state index contributed by atoms with van der Waals surface area (Å²) >= 11 is 12.7. The lowest BCUT2D eigenvalue weighted by molar-refractivity contribution is -0.116. The number of para-hydroxylation sites is 1. The Bertz CT molecular complexity index is 449. The van der Waals surface area contributed by atoms with Gasteiger partial charge in [-0.05, 0) is 18.6 Å². The van der Waals surface area contributed by atoms with Crippen molar-refractivity contribution in [2.45, 2.75) is 18.6 Å². The maximum absolute atomic E-state index is 12.1. The number of thiocarbonyl (C=S) groups is 1. The standard InChI is InChI=1S/C11H10ClNOS2/c1-2-9-10(14)13(11(15)16-9)8-6-4-3-5-7(8)12/h3-6,9H,2H2,1H3. The number of hydrogen-bond acceptors (Lipinski definition) is 3. The fourth-order valence-corrected chi connectivity index (χ4v) is 3.23. The molecule has 1 aromatic carbocycles. The molecule has 0 aromatic heterocycles. The van der Waals surface area contributed by atoms with Crippen LogP contribution in [0.25, 0.3) is 0 Å². The van der Waals surface area contributed by atoms with Crippen LogP contribution in [-0.4, -0.2) is 15.5 Å². The molecule has 0 radical (unpaired) electrons. The average Bonchev–Trinajstić information content (AvgIpc) is 2.55. The van der Waals surface area contributed by atoms with Gasteiger partial charge in [0.05, 0.1) is 16.0 Å². The number of amides is 1. The lowest BCUT2D eigenvalue weighted by Crippen LogP contribution is -2.31. The van der Waals surface area contributed by atoms with Crippen LogP contribution in [0.2, 0.25) is 5.02 Å². The summed E-state index contributed by atoms with van der Waals surface area (Å²) in [6, 6.07) is 7.25. The summed E-state index contributed by atoms with van der Waals surface area (Å²) in [7, 11) is 0. The molecule has 2 nitrogen and oxygen atoms in total. The van der Waals surface area contributed by atoms with Crippen LogP contribution in [-0.2, 0) is 4.79 Å². The van der Waals surface area contributed by atoms with Crippen molar-refractivity contribution in [2.24, 2.45) is 0 Å². The first-order chi connectivity index (χ1) is 7.65. The van der Waals surface area contributed by atoms with Crippen molar-refractivity contribution in [1.29, 1.82) is 0 Å².